The van der Waals surface area contributed by atoms with Crippen LogP contribution in [0.2, 0.25) is 5.02 Å². The number of benzene rings is 3. The summed E-state index contributed by atoms with van der Waals surface area (Å²) in [5, 5.41) is 4.98. The lowest BCUT2D eigenvalue weighted by Gasteiger charge is -2.36. The molecule has 4 amide bonds. The molecule has 0 aromatic heterocycles. The van der Waals surface area contributed by atoms with Gasteiger partial charge in [-0.2, -0.15) is 0 Å². The molecule has 0 spiro atoms. The number of nitrogens with zero attached hydrogens (tertiary/aromatic N) is 2. The highest BCUT2D eigenvalue weighted by molar-refractivity contribution is 6.30. The Kier molecular flexibility index (Phi) is 9.39. The summed E-state index contributed by atoms with van der Waals surface area (Å²) >= 11 is 6.29. The Morgan fingerprint density at radius 2 is 1.80 bits per heavy atom. The summed E-state index contributed by atoms with van der Waals surface area (Å²) in [7, 11) is 0. The first-order valence-corrected chi connectivity index (χ1v) is 13.7. The summed E-state index contributed by atoms with van der Waals surface area (Å²) in [6.07, 6.45) is 0.717. The van der Waals surface area contributed by atoms with Crippen molar-refractivity contribution in [3.05, 3.63) is 82.9 Å². The highest BCUT2D eigenvalue weighted by Crippen LogP contribution is 2.33. The molecule has 5 N–H and O–H groups in total. The number of carbonyl (C=O) groups excluding carboxylic acids is 4. The number of halogens is 1. The molecule has 9 nitrogen and oxygen atoms in total. The molecule has 210 valence electrons. The number of carbonyl (C=O) groups is 4. The molecule has 10 heteroatoms. The number of amides is 4. The van der Waals surface area contributed by atoms with Crippen LogP contribution in [0.4, 0.5) is 0 Å². The van der Waals surface area contributed by atoms with E-state index in [1.54, 1.807) is 24.3 Å². The van der Waals surface area contributed by atoms with Gasteiger partial charge in [0, 0.05) is 37.0 Å². The second-order valence-corrected chi connectivity index (χ2v) is 10.4. The summed E-state index contributed by atoms with van der Waals surface area (Å²) < 4.78 is 0. The fourth-order valence-corrected chi connectivity index (χ4v) is 5.51. The van der Waals surface area contributed by atoms with Gasteiger partial charge in [-0.1, -0.05) is 66.2 Å². The maximum atomic E-state index is 14.3. The van der Waals surface area contributed by atoms with Crippen molar-refractivity contribution in [3.63, 3.8) is 0 Å². The second kappa shape index (κ2) is 12.9. The van der Waals surface area contributed by atoms with Crippen molar-refractivity contribution < 1.29 is 19.2 Å². The minimum absolute atomic E-state index is 0.0850. The number of hydrogen-bond acceptors (Lipinski definition) is 5. The van der Waals surface area contributed by atoms with Gasteiger partial charge in [0.05, 0.1) is 6.54 Å². The third-order valence-electron chi connectivity index (χ3n) is 7.32. The number of fused-ring (bicyclic) bond motifs is 1. The van der Waals surface area contributed by atoms with Crippen molar-refractivity contribution in [1.29, 1.82) is 0 Å². The van der Waals surface area contributed by atoms with E-state index in [1.807, 2.05) is 49.4 Å². The average Bonchev–Trinajstić information content (AvgIpc) is 3.06. The van der Waals surface area contributed by atoms with Crippen molar-refractivity contribution >= 4 is 46.0 Å². The third kappa shape index (κ3) is 6.43. The molecule has 1 fully saturated rings. The number of hydrogen-bond donors (Lipinski definition) is 3. The van der Waals surface area contributed by atoms with E-state index in [4.69, 9.17) is 23.1 Å². The number of rotatable bonds is 9. The van der Waals surface area contributed by atoms with Crippen molar-refractivity contribution in [2.45, 2.75) is 44.3 Å². The van der Waals surface area contributed by atoms with Gasteiger partial charge < -0.3 is 26.6 Å². The Bertz CT molecular complexity index is 1410. The standard InChI is InChI=1S/C30H34ClN5O4/c1-19-13-15-35(25(29(33)39)17-21-8-4-7-20-6-2-3-11-24(20)21)30(40)28(22-9-5-10-23(31)16-22)36(19)27(38)18-34-26(37)12-14-32/h2-11,16,19,25,28H,12-15,17-18,32H2,1H3,(H2,33,39)(H,34,37). The summed E-state index contributed by atoms with van der Waals surface area (Å²) in [6, 6.07) is 18.0. The zero-order valence-corrected chi connectivity index (χ0v) is 23.1. The lowest BCUT2D eigenvalue weighted by molar-refractivity contribution is -0.148. The Morgan fingerprint density at radius 3 is 2.52 bits per heavy atom. The Hall–Kier alpha value is -3.95. The molecule has 0 radical (unpaired) electrons. The molecule has 0 aliphatic carbocycles. The van der Waals surface area contributed by atoms with Gasteiger partial charge in [0.15, 0.2) is 0 Å². The van der Waals surface area contributed by atoms with E-state index >= 15 is 0 Å². The summed E-state index contributed by atoms with van der Waals surface area (Å²) in [6.45, 7) is 1.93. The predicted molar refractivity (Wildman–Crippen MR) is 154 cm³/mol. The minimum atomic E-state index is -1.07. The van der Waals surface area contributed by atoms with Crippen LogP contribution in [0.15, 0.2) is 66.7 Å². The zero-order chi connectivity index (χ0) is 28.8. The Labute approximate surface area is 238 Å². The molecule has 4 rings (SSSR count). The van der Waals surface area contributed by atoms with Gasteiger partial charge in [0.1, 0.15) is 12.1 Å². The quantitative estimate of drug-likeness (QED) is 0.367. The molecule has 1 saturated heterocycles. The first-order valence-electron chi connectivity index (χ1n) is 13.3. The molecule has 3 aromatic rings. The average molecular weight is 564 g/mol. The van der Waals surface area contributed by atoms with Gasteiger partial charge in [-0.05, 0) is 47.4 Å². The van der Waals surface area contributed by atoms with Gasteiger partial charge >= 0.3 is 0 Å². The van der Waals surface area contributed by atoms with E-state index < -0.39 is 29.8 Å². The molecule has 0 saturated carbocycles. The van der Waals surface area contributed by atoms with E-state index in [0.29, 0.717) is 17.0 Å². The van der Waals surface area contributed by atoms with E-state index in [-0.39, 0.29) is 44.4 Å². The lowest BCUT2D eigenvalue weighted by Crippen LogP contribution is -2.53. The van der Waals surface area contributed by atoms with Crippen molar-refractivity contribution in [2.75, 3.05) is 19.6 Å². The summed E-state index contributed by atoms with van der Waals surface area (Å²) in [5.74, 6) is -1.85. The van der Waals surface area contributed by atoms with Crippen LogP contribution in [0, 0.1) is 0 Å². The monoisotopic (exact) mass is 563 g/mol. The molecule has 1 heterocycles. The lowest BCUT2D eigenvalue weighted by atomic mass is 9.96. The number of nitrogens with one attached hydrogen (secondary N) is 1. The van der Waals surface area contributed by atoms with Gasteiger partial charge in [-0.3, -0.25) is 19.2 Å². The molecular formula is C30H34ClN5O4. The van der Waals surface area contributed by atoms with Crippen LogP contribution < -0.4 is 16.8 Å². The smallest absolute Gasteiger partial charge is 0.250 e. The molecular weight excluding hydrogens is 530 g/mol. The van der Waals surface area contributed by atoms with Gasteiger partial charge in [-0.15, -0.1) is 0 Å². The van der Waals surface area contributed by atoms with Crippen molar-refractivity contribution in [1.82, 2.24) is 15.1 Å². The molecule has 3 unspecified atom stereocenters. The van der Waals surface area contributed by atoms with E-state index in [2.05, 4.69) is 5.32 Å². The highest BCUT2D eigenvalue weighted by Gasteiger charge is 2.43. The number of primary amides is 1. The summed E-state index contributed by atoms with van der Waals surface area (Å²) in [4.78, 5) is 55.7. The van der Waals surface area contributed by atoms with Crippen LogP contribution >= 0.6 is 11.6 Å². The van der Waals surface area contributed by atoms with Gasteiger partial charge in [0.2, 0.25) is 17.7 Å². The fraction of sp³-hybridized carbons (Fsp3) is 0.333. The molecule has 1 aliphatic rings. The summed E-state index contributed by atoms with van der Waals surface area (Å²) in [5.41, 5.74) is 12.8. The SMILES string of the molecule is CC1CCN(C(Cc2cccc3ccccc23)C(N)=O)C(=O)C(c2cccc(Cl)c2)N1C(=O)CNC(=O)CCN. The molecule has 1 aliphatic heterocycles. The second-order valence-electron chi connectivity index (χ2n) is 10.0. The van der Waals surface area contributed by atoms with Crippen LogP contribution in [-0.2, 0) is 25.6 Å². The predicted octanol–water partition coefficient (Wildman–Crippen LogP) is 2.55. The van der Waals surface area contributed by atoms with E-state index in [0.717, 1.165) is 16.3 Å². The minimum Gasteiger partial charge on any atom is -0.368 e. The topological polar surface area (TPSA) is 139 Å². The molecule has 0 bridgehead atoms. The van der Waals surface area contributed by atoms with E-state index in [1.165, 1.54) is 9.80 Å². The van der Waals surface area contributed by atoms with Crippen LogP contribution in [0.5, 0.6) is 0 Å². The maximum absolute atomic E-state index is 14.3. The fourth-order valence-electron chi connectivity index (χ4n) is 5.31. The Morgan fingerprint density at radius 1 is 1.07 bits per heavy atom. The Balaban J connectivity index is 1.72. The van der Waals surface area contributed by atoms with Crippen molar-refractivity contribution in [2.24, 2.45) is 11.5 Å². The van der Waals surface area contributed by atoms with Crippen LogP contribution in [0.3, 0.4) is 0 Å². The van der Waals surface area contributed by atoms with Gasteiger partial charge in [-0.25, -0.2) is 0 Å². The zero-order valence-electron chi connectivity index (χ0n) is 22.4. The maximum Gasteiger partial charge on any atom is 0.250 e. The highest BCUT2D eigenvalue weighted by atomic mass is 35.5. The third-order valence-corrected chi connectivity index (χ3v) is 7.55. The van der Waals surface area contributed by atoms with Crippen LogP contribution in [0.25, 0.3) is 10.8 Å². The largest absolute Gasteiger partial charge is 0.368 e. The van der Waals surface area contributed by atoms with Crippen molar-refractivity contribution in [3.8, 4) is 0 Å². The van der Waals surface area contributed by atoms with Gasteiger partial charge in [0.25, 0.3) is 5.91 Å². The first-order chi connectivity index (χ1) is 19.2. The van der Waals surface area contributed by atoms with E-state index in [9.17, 15) is 19.2 Å². The molecule has 40 heavy (non-hydrogen) atoms. The van der Waals surface area contributed by atoms with Crippen LogP contribution in [-0.4, -0.2) is 65.1 Å². The van der Waals surface area contributed by atoms with Crippen LogP contribution in [0.1, 0.15) is 36.9 Å². The first kappa shape index (κ1) is 29.0. The normalized spacial score (nSPS) is 18.3. The number of nitrogens with two attached hydrogens (primary N) is 2. The molecule has 3 aromatic carbocycles. The molecule has 3 atom stereocenters.